The molecule has 0 aromatic heterocycles. The smallest absolute Gasteiger partial charge is 0.410 e. The minimum atomic E-state index is -0.833. The molecular formula is C15H27NO6. The van der Waals surface area contributed by atoms with E-state index >= 15 is 0 Å². The van der Waals surface area contributed by atoms with Crippen LogP contribution in [0.2, 0.25) is 0 Å². The first-order valence-electron chi connectivity index (χ1n) is 7.59. The van der Waals surface area contributed by atoms with Gasteiger partial charge in [0.2, 0.25) is 6.79 Å². The lowest BCUT2D eigenvalue weighted by Gasteiger charge is -2.21. The first kappa shape index (κ1) is 20.2. The second-order valence-electron chi connectivity index (χ2n) is 5.57. The molecule has 0 aromatic rings. The Morgan fingerprint density at radius 3 is 2.18 bits per heavy atom. The van der Waals surface area contributed by atoms with Crippen molar-refractivity contribution in [2.45, 2.75) is 52.9 Å². The molecule has 0 heterocycles. The monoisotopic (exact) mass is 317 g/mol. The molecule has 0 saturated heterocycles. The fourth-order valence-electron chi connectivity index (χ4n) is 1.98. The highest BCUT2D eigenvalue weighted by atomic mass is 16.7. The van der Waals surface area contributed by atoms with E-state index in [1.165, 1.54) is 32.1 Å². The SMILES string of the molecule is CC(=O)O.CC(C)C(=O)OCOC(=O)NCC1CCCCC1. The highest BCUT2D eigenvalue weighted by Crippen LogP contribution is 2.22. The zero-order valence-electron chi connectivity index (χ0n) is 13.6. The molecule has 128 valence electrons. The average Bonchev–Trinajstić information content (AvgIpc) is 2.45. The van der Waals surface area contributed by atoms with Crippen LogP contribution < -0.4 is 5.32 Å². The van der Waals surface area contributed by atoms with Crippen molar-refractivity contribution < 1.29 is 29.0 Å². The van der Waals surface area contributed by atoms with Crippen LogP contribution in [-0.2, 0) is 19.1 Å². The maximum absolute atomic E-state index is 11.3. The summed E-state index contributed by atoms with van der Waals surface area (Å²) in [6.07, 6.45) is 5.61. The van der Waals surface area contributed by atoms with Gasteiger partial charge in [-0.05, 0) is 18.8 Å². The van der Waals surface area contributed by atoms with Gasteiger partial charge in [-0.2, -0.15) is 0 Å². The highest BCUT2D eigenvalue weighted by molar-refractivity contribution is 5.71. The summed E-state index contributed by atoms with van der Waals surface area (Å²) in [5.41, 5.74) is 0. The van der Waals surface area contributed by atoms with Gasteiger partial charge >= 0.3 is 12.1 Å². The maximum atomic E-state index is 11.3. The Hall–Kier alpha value is -1.79. The molecule has 0 bridgehead atoms. The van der Waals surface area contributed by atoms with Crippen LogP contribution in [0.3, 0.4) is 0 Å². The minimum absolute atomic E-state index is 0.209. The van der Waals surface area contributed by atoms with Crippen molar-refractivity contribution in [2.75, 3.05) is 13.3 Å². The zero-order valence-corrected chi connectivity index (χ0v) is 13.6. The summed E-state index contributed by atoms with van der Waals surface area (Å²) in [7, 11) is 0. The molecule has 0 spiro atoms. The number of amides is 1. The van der Waals surface area contributed by atoms with Crippen molar-refractivity contribution in [1.82, 2.24) is 5.32 Å². The Balaban J connectivity index is 0.000000980. The Labute approximate surface area is 131 Å². The predicted octanol–water partition coefficient (Wildman–Crippen LogP) is 2.54. The van der Waals surface area contributed by atoms with Gasteiger partial charge in [0.25, 0.3) is 5.97 Å². The number of carbonyl (C=O) groups is 3. The second-order valence-corrected chi connectivity index (χ2v) is 5.57. The van der Waals surface area contributed by atoms with Gasteiger partial charge in [0.05, 0.1) is 5.92 Å². The second kappa shape index (κ2) is 11.8. The van der Waals surface area contributed by atoms with E-state index in [9.17, 15) is 9.59 Å². The van der Waals surface area contributed by atoms with Gasteiger partial charge in [-0.3, -0.25) is 9.59 Å². The first-order valence-corrected chi connectivity index (χ1v) is 7.59. The number of alkyl carbamates (subject to hydrolysis) is 1. The van der Waals surface area contributed by atoms with Gasteiger partial charge in [-0.1, -0.05) is 33.1 Å². The van der Waals surface area contributed by atoms with E-state index in [0.29, 0.717) is 12.5 Å². The Morgan fingerprint density at radius 2 is 1.68 bits per heavy atom. The van der Waals surface area contributed by atoms with Crippen LogP contribution in [0.15, 0.2) is 0 Å². The molecular weight excluding hydrogens is 290 g/mol. The number of rotatable bonds is 5. The normalized spacial score (nSPS) is 14.5. The molecule has 0 aliphatic heterocycles. The number of hydrogen-bond acceptors (Lipinski definition) is 5. The van der Waals surface area contributed by atoms with Crippen LogP contribution in [0.1, 0.15) is 52.9 Å². The molecule has 7 heteroatoms. The third kappa shape index (κ3) is 12.0. The lowest BCUT2D eigenvalue weighted by Crippen LogP contribution is -2.31. The molecule has 1 fully saturated rings. The van der Waals surface area contributed by atoms with Crippen molar-refractivity contribution in [1.29, 1.82) is 0 Å². The van der Waals surface area contributed by atoms with E-state index in [-0.39, 0.29) is 18.7 Å². The number of aliphatic carboxylic acids is 1. The van der Waals surface area contributed by atoms with Gasteiger partial charge in [0.1, 0.15) is 0 Å². The summed E-state index contributed by atoms with van der Waals surface area (Å²) in [4.78, 5) is 31.4. The predicted molar refractivity (Wildman–Crippen MR) is 80.2 cm³/mol. The van der Waals surface area contributed by atoms with E-state index < -0.39 is 12.1 Å². The number of hydrogen-bond donors (Lipinski definition) is 2. The Kier molecular flexibility index (Phi) is 10.9. The molecule has 1 aliphatic rings. The number of ether oxygens (including phenoxy) is 2. The van der Waals surface area contributed by atoms with Crippen molar-refractivity contribution in [3.05, 3.63) is 0 Å². The molecule has 0 atom stereocenters. The van der Waals surface area contributed by atoms with Gasteiger partial charge in [-0.25, -0.2) is 4.79 Å². The number of esters is 1. The molecule has 0 radical (unpaired) electrons. The Bertz CT molecular complexity index is 346. The van der Waals surface area contributed by atoms with Crippen molar-refractivity contribution >= 4 is 18.0 Å². The van der Waals surface area contributed by atoms with Gasteiger partial charge in [0, 0.05) is 13.5 Å². The standard InChI is InChI=1S/C13H23NO4.C2H4O2/c1-10(2)12(15)17-9-18-13(16)14-8-11-6-4-3-5-7-11;1-2(3)4/h10-11H,3-9H2,1-2H3,(H,14,16);1H3,(H,3,4). The molecule has 2 N–H and O–H groups in total. The number of nitrogens with one attached hydrogen (secondary N) is 1. The van der Waals surface area contributed by atoms with E-state index in [4.69, 9.17) is 19.4 Å². The number of carboxylic acid groups (broad SMARTS) is 1. The Morgan fingerprint density at radius 1 is 1.14 bits per heavy atom. The van der Waals surface area contributed by atoms with Crippen LogP contribution in [0.5, 0.6) is 0 Å². The summed E-state index contributed by atoms with van der Waals surface area (Å²) >= 11 is 0. The van der Waals surface area contributed by atoms with Crippen LogP contribution >= 0.6 is 0 Å². The summed E-state index contributed by atoms with van der Waals surface area (Å²) in [5.74, 6) is -0.849. The van der Waals surface area contributed by atoms with E-state index in [2.05, 4.69) is 5.32 Å². The van der Waals surface area contributed by atoms with Crippen molar-refractivity contribution in [2.24, 2.45) is 11.8 Å². The average molecular weight is 317 g/mol. The summed E-state index contributed by atoms with van der Waals surface area (Å²) in [6.45, 7) is 4.88. The number of carboxylic acids is 1. The molecule has 22 heavy (non-hydrogen) atoms. The number of carbonyl (C=O) groups excluding carboxylic acids is 2. The molecule has 1 aliphatic carbocycles. The molecule has 0 unspecified atom stereocenters. The molecule has 1 amide bonds. The zero-order chi connectivity index (χ0) is 17.0. The maximum Gasteiger partial charge on any atom is 0.410 e. The fourth-order valence-corrected chi connectivity index (χ4v) is 1.98. The summed E-state index contributed by atoms with van der Waals surface area (Å²) in [5, 5.41) is 10.1. The van der Waals surface area contributed by atoms with Crippen LogP contribution in [0.25, 0.3) is 0 Å². The lowest BCUT2D eigenvalue weighted by atomic mass is 9.89. The third-order valence-electron chi connectivity index (χ3n) is 3.12. The summed E-state index contributed by atoms with van der Waals surface area (Å²) < 4.78 is 9.50. The van der Waals surface area contributed by atoms with Crippen LogP contribution in [0, 0.1) is 11.8 Å². The van der Waals surface area contributed by atoms with Gasteiger partial charge < -0.3 is 19.9 Å². The molecule has 1 saturated carbocycles. The molecule has 0 aromatic carbocycles. The largest absolute Gasteiger partial charge is 0.481 e. The molecule has 7 nitrogen and oxygen atoms in total. The van der Waals surface area contributed by atoms with Crippen LogP contribution in [-0.4, -0.2) is 36.5 Å². The minimum Gasteiger partial charge on any atom is -0.481 e. The van der Waals surface area contributed by atoms with Crippen molar-refractivity contribution in [3.8, 4) is 0 Å². The fraction of sp³-hybridized carbons (Fsp3) is 0.800. The summed E-state index contributed by atoms with van der Waals surface area (Å²) in [6, 6.07) is 0. The lowest BCUT2D eigenvalue weighted by molar-refractivity contribution is -0.155. The molecule has 1 rings (SSSR count). The van der Waals surface area contributed by atoms with E-state index in [1.54, 1.807) is 13.8 Å². The first-order chi connectivity index (χ1) is 10.3. The van der Waals surface area contributed by atoms with E-state index in [1.807, 2.05) is 0 Å². The van der Waals surface area contributed by atoms with Crippen molar-refractivity contribution in [3.63, 3.8) is 0 Å². The van der Waals surface area contributed by atoms with E-state index in [0.717, 1.165) is 6.92 Å². The highest BCUT2D eigenvalue weighted by Gasteiger charge is 2.15. The third-order valence-corrected chi connectivity index (χ3v) is 3.12. The van der Waals surface area contributed by atoms with Crippen LogP contribution in [0.4, 0.5) is 4.79 Å². The van der Waals surface area contributed by atoms with Gasteiger partial charge in [0.15, 0.2) is 0 Å². The quantitative estimate of drug-likeness (QED) is 0.597. The topological polar surface area (TPSA) is 102 Å². The van der Waals surface area contributed by atoms with Gasteiger partial charge in [-0.15, -0.1) is 0 Å².